The van der Waals surface area contributed by atoms with Gasteiger partial charge in [0.25, 0.3) is 0 Å². The SMILES string of the molecule is CCCC(C)NCCSc1nnc2n1CCCCC2. The predicted octanol–water partition coefficient (Wildman–Crippen LogP) is 2.87. The molecule has 1 atom stereocenters. The maximum atomic E-state index is 4.34. The van der Waals surface area contributed by atoms with Crippen LogP contribution in [-0.2, 0) is 13.0 Å². The molecule has 108 valence electrons. The number of fused-ring (bicyclic) bond motifs is 1. The maximum Gasteiger partial charge on any atom is 0.191 e. The van der Waals surface area contributed by atoms with E-state index in [-0.39, 0.29) is 0 Å². The summed E-state index contributed by atoms with van der Waals surface area (Å²) in [5.74, 6) is 2.26. The lowest BCUT2D eigenvalue weighted by Gasteiger charge is -2.12. The molecule has 1 aliphatic rings. The summed E-state index contributed by atoms with van der Waals surface area (Å²) in [6.45, 7) is 6.65. The number of nitrogens with one attached hydrogen (secondary N) is 1. The van der Waals surface area contributed by atoms with Crippen molar-refractivity contribution in [3.05, 3.63) is 5.82 Å². The molecule has 0 radical (unpaired) electrons. The van der Waals surface area contributed by atoms with Gasteiger partial charge in [0.15, 0.2) is 5.16 Å². The number of nitrogens with zero attached hydrogens (tertiary/aromatic N) is 3. The molecule has 1 aromatic heterocycles. The molecule has 1 aliphatic heterocycles. The summed E-state index contributed by atoms with van der Waals surface area (Å²) in [6, 6.07) is 0.626. The Morgan fingerprint density at radius 2 is 2.21 bits per heavy atom. The van der Waals surface area contributed by atoms with Gasteiger partial charge in [-0.2, -0.15) is 0 Å². The molecule has 0 saturated carbocycles. The lowest BCUT2D eigenvalue weighted by molar-refractivity contribution is 0.526. The second kappa shape index (κ2) is 7.90. The standard InChI is InChI=1S/C14H26N4S/c1-3-7-12(2)15-9-11-19-14-17-16-13-8-5-4-6-10-18(13)14/h12,15H,3-11H2,1-2H3. The lowest BCUT2D eigenvalue weighted by atomic mass is 10.2. The maximum absolute atomic E-state index is 4.34. The smallest absolute Gasteiger partial charge is 0.191 e. The van der Waals surface area contributed by atoms with Crippen LogP contribution in [0, 0.1) is 0 Å². The van der Waals surface area contributed by atoms with Crippen LogP contribution in [0.2, 0.25) is 0 Å². The highest BCUT2D eigenvalue weighted by Crippen LogP contribution is 2.21. The zero-order valence-corrected chi connectivity index (χ0v) is 13.0. The molecule has 2 heterocycles. The summed E-state index contributed by atoms with van der Waals surface area (Å²) >= 11 is 1.84. The van der Waals surface area contributed by atoms with E-state index in [9.17, 15) is 0 Å². The minimum Gasteiger partial charge on any atom is -0.313 e. The average molecular weight is 282 g/mol. The van der Waals surface area contributed by atoms with E-state index in [1.807, 2.05) is 11.8 Å². The fourth-order valence-corrected chi connectivity index (χ4v) is 3.40. The molecule has 0 aliphatic carbocycles. The van der Waals surface area contributed by atoms with Crippen LogP contribution >= 0.6 is 11.8 Å². The van der Waals surface area contributed by atoms with Gasteiger partial charge < -0.3 is 9.88 Å². The van der Waals surface area contributed by atoms with Crippen molar-refractivity contribution in [1.82, 2.24) is 20.1 Å². The third kappa shape index (κ3) is 4.49. The Labute approximate surface area is 120 Å². The van der Waals surface area contributed by atoms with E-state index >= 15 is 0 Å². The summed E-state index contributed by atoms with van der Waals surface area (Å²) in [5.41, 5.74) is 0. The molecular weight excluding hydrogens is 256 g/mol. The number of aromatic nitrogens is 3. The van der Waals surface area contributed by atoms with E-state index < -0.39 is 0 Å². The van der Waals surface area contributed by atoms with Crippen molar-refractivity contribution in [3.8, 4) is 0 Å². The topological polar surface area (TPSA) is 42.7 Å². The average Bonchev–Trinajstić information content (AvgIpc) is 2.63. The summed E-state index contributed by atoms with van der Waals surface area (Å²) < 4.78 is 2.33. The van der Waals surface area contributed by atoms with Crippen molar-refractivity contribution >= 4 is 11.8 Å². The molecule has 0 fully saturated rings. The van der Waals surface area contributed by atoms with E-state index in [1.165, 1.54) is 37.9 Å². The quantitative estimate of drug-likeness (QED) is 0.617. The Morgan fingerprint density at radius 3 is 3.05 bits per heavy atom. The van der Waals surface area contributed by atoms with Gasteiger partial charge in [0.05, 0.1) is 0 Å². The second-order valence-corrected chi connectivity index (χ2v) is 6.42. The Balaban J connectivity index is 1.75. The Kier molecular flexibility index (Phi) is 6.17. The van der Waals surface area contributed by atoms with Crippen LogP contribution in [0.25, 0.3) is 0 Å². The van der Waals surface area contributed by atoms with Gasteiger partial charge in [-0.25, -0.2) is 0 Å². The van der Waals surface area contributed by atoms with Gasteiger partial charge in [-0.05, 0) is 26.2 Å². The fraction of sp³-hybridized carbons (Fsp3) is 0.857. The van der Waals surface area contributed by atoms with Gasteiger partial charge in [-0.3, -0.25) is 0 Å². The van der Waals surface area contributed by atoms with Gasteiger partial charge in [-0.15, -0.1) is 10.2 Å². The number of rotatable bonds is 7. The van der Waals surface area contributed by atoms with Gasteiger partial charge >= 0.3 is 0 Å². The van der Waals surface area contributed by atoms with Crippen LogP contribution in [-0.4, -0.2) is 33.1 Å². The summed E-state index contributed by atoms with van der Waals surface area (Å²) in [7, 11) is 0. The fourth-order valence-electron chi connectivity index (χ4n) is 2.55. The van der Waals surface area contributed by atoms with Gasteiger partial charge in [0.2, 0.25) is 0 Å². The zero-order chi connectivity index (χ0) is 13.5. The number of aryl methyl sites for hydroxylation is 1. The molecule has 4 nitrogen and oxygen atoms in total. The van der Waals surface area contributed by atoms with Gasteiger partial charge in [0, 0.05) is 31.3 Å². The highest BCUT2D eigenvalue weighted by molar-refractivity contribution is 7.99. The lowest BCUT2D eigenvalue weighted by Crippen LogP contribution is -2.27. The Hall–Kier alpha value is -0.550. The summed E-state index contributed by atoms with van der Waals surface area (Å²) in [6.07, 6.45) is 7.45. The largest absolute Gasteiger partial charge is 0.313 e. The van der Waals surface area contributed by atoms with E-state index in [0.717, 1.165) is 30.4 Å². The minimum atomic E-state index is 0.626. The van der Waals surface area contributed by atoms with E-state index in [2.05, 4.69) is 33.9 Å². The normalized spacial score (nSPS) is 16.9. The molecule has 0 spiro atoms. The summed E-state index contributed by atoms with van der Waals surface area (Å²) in [4.78, 5) is 0. The first-order valence-corrected chi connectivity index (χ1v) is 8.58. The van der Waals surface area contributed by atoms with E-state index in [1.54, 1.807) is 0 Å². The Bertz CT molecular complexity index is 378. The van der Waals surface area contributed by atoms with Crippen molar-refractivity contribution in [2.24, 2.45) is 0 Å². The Morgan fingerprint density at radius 1 is 1.32 bits per heavy atom. The molecule has 0 aromatic carbocycles. The third-order valence-electron chi connectivity index (χ3n) is 3.62. The molecule has 0 bridgehead atoms. The van der Waals surface area contributed by atoms with Crippen molar-refractivity contribution in [1.29, 1.82) is 0 Å². The highest BCUT2D eigenvalue weighted by atomic mass is 32.2. The third-order valence-corrected chi connectivity index (χ3v) is 4.59. The van der Waals surface area contributed by atoms with Gasteiger partial charge in [-0.1, -0.05) is 31.5 Å². The molecular formula is C14H26N4S. The molecule has 1 unspecified atom stereocenters. The first-order chi connectivity index (χ1) is 9.31. The number of hydrogen-bond donors (Lipinski definition) is 1. The minimum absolute atomic E-state index is 0.626. The molecule has 0 amide bonds. The van der Waals surface area contributed by atoms with Crippen molar-refractivity contribution in [2.45, 2.75) is 70.1 Å². The zero-order valence-electron chi connectivity index (χ0n) is 12.2. The first kappa shape index (κ1) is 14.9. The monoisotopic (exact) mass is 282 g/mol. The number of hydrogen-bond acceptors (Lipinski definition) is 4. The second-order valence-electron chi connectivity index (χ2n) is 5.35. The molecule has 19 heavy (non-hydrogen) atoms. The van der Waals surface area contributed by atoms with Crippen LogP contribution < -0.4 is 5.32 Å². The molecule has 1 N–H and O–H groups in total. The van der Waals surface area contributed by atoms with Crippen molar-refractivity contribution in [2.75, 3.05) is 12.3 Å². The molecule has 5 heteroatoms. The van der Waals surface area contributed by atoms with E-state index in [4.69, 9.17) is 0 Å². The van der Waals surface area contributed by atoms with Crippen molar-refractivity contribution in [3.63, 3.8) is 0 Å². The van der Waals surface area contributed by atoms with Crippen LogP contribution in [0.5, 0.6) is 0 Å². The molecule has 0 saturated heterocycles. The first-order valence-electron chi connectivity index (χ1n) is 7.59. The van der Waals surface area contributed by atoms with Crippen LogP contribution in [0.15, 0.2) is 5.16 Å². The summed E-state index contributed by atoms with van der Waals surface area (Å²) in [5, 5.41) is 13.3. The van der Waals surface area contributed by atoms with Crippen LogP contribution in [0.1, 0.15) is 51.8 Å². The van der Waals surface area contributed by atoms with Crippen LogP contribution in [0.3, 0.4) is 0 Å². The predicted molar refractivity (Wildman–Crippen MR) is 80.7 cm³/mol. The van der Waals surface area contributed by atoms with E-state index in [0.29, 0.717) is 6.04 Å². The van der Waals surface area contributed by atoms with Crippen molar-refractivity contribution < 1.29 is 0 Å². The van der Waals surface area contributed by atoms with Gasteiger partial charge in [0.1, 0.15) is 5.82 Å². The highest BCUT2D eigenvalue weighted by Gasteiger charge is 2.14. The molecule has 2 rings (SSSR count). The molecule has 1 aromatic rings. The number of thioether (sulfide) groups is 1. The van der Waals surface area contributed by atoms with Crippen LogP contribution in [0.4, 0.5) is 0 Å².